The first-order chi connectivity index (χ1) is 14.2. The second kappa shape index (κ2) is 7.40. The van der Waals surface area contributed by atoms with Crippen LogP contribution in [-0.4, -0.2) is 9.97 Å². The van der Waals surface area contributed by atoms with Gasteiger partial charge in [0.1, 0.15) is 5.82 Å². The van der Waals surface area contributed by atoms with Gasteiger partial charge in [-0.15, -0.1) is 0 Å². The Balaban J connectivity index is 1.81. The Hall–Kier alpha value is -3.07. The highest BCUT2D eigenvalue weighted by Crippen LogP contribution is 2.40. The van der Waals surface area contributed by atoms with E-state index in [0.717, 1.165) is 44.7 Å². The molecule has 0 saturated heterocycles. The van der Waals surface area contributed by atoms with Gasteiger partial charge in [0.15, 0.2) is 0 Å². The first kappa shape index (κ1) is 18.0. The summed E-state index contributed by atoms with van der Waals surface area (Å²) in [7, 11) is 0. The van der Waals surface area contributed by atoms with Crippen LogP contribution in [0.4, 0.5) is 0 Å². The number of imidazole rings is 1. The van der Waals surface area contributed by atoms with E-state index in [1.54, 1.807) is 6.07 Å². The summed E-state index contributed by atoms with van der Waals surface area (Å²) in [5, 5.41) is 3.12. The number of nitrogens with zero attached hydrogens (tertiary/aromatic N) is 1. The van der Waals surface area contributed by atoms with Crippen LogP contribution in [0.1, 0.15) is 0 Å². The number of hydrogen-bond donors (Lipinski definition) is 1. The Labute approximate surface area is 178 Å². The summed E-state index contributed by atoms with van der Waals surface area (Å²) in [5.74, 6) is 0.723. The minimum atomic E-state index is 0.571. The molecule has 1 aromatic heterocycles. The minimum absolute atomic E-state index is 0.571. The van der Waals surface area contributed by atoms with Gasteiger partial charge in [-0.1, -0.05) is 108 Å². The van der Waals surface area contributed by atoms with E-state index in [1.165, 1.54) is 0 Å². The van der Waals surface area contributed by atoms with Crippen LogP contribution in [0.3, 0.4) is 0 Å². The third-order valence-electron chi connectivity index (χ3n) is 5.00. The maximum Gasteiger partial charge on any atom is 0.140 e. The summed E-state index contributed by atoms with van der Waals surface area (Å²) in [6, 6.07) is 30.1. The number of hydrogen-bond acceptors (Lipinski definition) is 1. The second-order valence-corrected chi connectivity index (χ2v) is 7.62. The molecule has 5 aromatic rings. The highest BCUT2D eigenvalue weighted by molar-refractivity contribution is 6.41. The summed E-state index contributed by atoms with van der Waals surface area (Å²) in [4.78, 5) is 8.51. The molecule has 0 aliphatic heterocycles. The summed E-state index contributed by atoms with van der Waals surface area (Å²) < 4.78 is 0. The van der Waals surface area contributed by atoms with Crippen molar-refractivity contribution in [2.75, 3.05) is 0 Å². The molecule has 0 aliphatic carbocycles. The van der Waals surface area contributed by atoms with Crippen molar-refractivity contribution >= 4 is 34.0 Å². The molecule has 0 amide bonds. The lowest BCUT2D eigenvalue weighted by Gasteiger charge is -2.08. The van der Waals surface area contributed by atoms with Crippen molar-refractivity contribution in [3.63, 3.8) is 0 Å². The largest absolute Gasteiger partial charge is 0.337 e. The zero-order valence-corrected chi connectivity index (χ0v) is 16.9. The number of benzene rings is 4. The number of halogens is 2. The number of aromatic amines is 1. The molecule has 1 N–H and O–H groups in total. The van der Waals surface area contributed by atoms with Gasteiger partial charge in [-0.3, -0.25) is 0 Å². The monoisotopic (exact) mass is 414 g/mol. The van der Waals surface area contributed by atoms with Gasteiger partial charge in [-0.05, 0) is 11.5 Å². The molecule has 0 radical (unpaired) electrons. The molecule has 4 aromatic carbocycles. The predicted octanol–water partition coefficient (Wildman–Crippen LogP) is 7.87. The Morgan fingerprint density at radius 3 is 1.90 bits per heavy atom. The van der Waals surface area contributed by atoms with E-state index in [2.05, 4.69) is 29.2 Å². The molecule has 0 saturated carbocycles. The Morgan fingerprint density at radius 1 is 0.621 bits per heavy atom. The van der Waals surface area contributed by atoms with Gasteiger partial charge >= 0.3 is 0 Å². The second-order valence-electron chi connectivity index (χ2n) is 6.80. The topological polar surface area (TPSA) is 28.7 Å². The molecule has 4 heteroatoms. The van der Waals surface area contributed by atoms with Crippen molar-refractivity contribution in [2.24, 2.45) is 0 Å². The maximum absolute atomic E-state index is 6.65. The van der Waals surface area contributed by atoms with Crippen LogP contribution in [0.15, 0.2) is 91.0 Å². The van der Waals surface area contributed by atoms with Gasteiger partial charge in [-0.2, -0.15) is 0 Å². The zero-order chi connectivity index (χ0) is 19.8. The quantitative estimate of drug-likeness (QED) is 0.319. The third kappa shape index (κ3) is 3.21. The summed E-state index contributed by atoms with van der Waals surface area (Å²) in [5.41, 5.74) is 4.82. The number of aromatic nitrogens is 2. The molecule has 0 spiro atoms. The van der Waals surface area contributed by atoms with Crippen LogP contribution in [0.5, 0.6) is 0 Å². The fourth-order valence-electron chi connectivity index (χ4n) is 3.65. The maximum atomic E-state index is 6.65. The normalized spacial score (nSPS) is 11.1. The van der Waals surface area contributed by atoms with Gasteiger partial charge in [-0.25, -0.2) is 4.98 Å². The van der Waals surface area contributed by atoms with Gasteiger partial charge in [0, 0.05) is 27.1 Å². The van der Waals surface area contributed by atoms with E-state index in [0.29, 0.717) is 10.0 Å². The molecule has 29 heavy (non-hydrogen) atoms. The molecule has 5 rings (SSSR count). The molecular formula is C25H16Cl2N2. The van der Waals surface area contributed by atoms with E-state index in [9.17, 15) is 0 Å². The predicted molar refractivity (Wildman–Crippen MR) is 122 cm³/mol. The Kier molecular flexibility index (Phi) is 4.59. The fraction of sp³-hybridized carbons (Fsp3) is 0. The molecule has 0 atom stereocenters. The first-order valence-electron chi connectivity index (χ1n) is 9.30. The van der Waals surface area contributed by atoms with E-state index >= 15 is 0 Å². The van der Waals surface area contributed by atoms with Gasteiger partial charge in [0.05, 0.1) is 16.4 Å². The molecule has 0 aliphatic rings. The van der Waals surface area contributed by atoms with Gasteiger partial charge in [0.25, 0.3) is 0 Å². The lowest BCUT2D eigenvalue weighted by Crippen LogP contribution is -1.87. The molecule has 2 nitrogen and oxygen atoms in total. The van der Waals surface area contributed by atoms with Gasteiger partial charge < -0.3 is 4.98 Å². The van der Waals surface area contributed by atoms with E-state index < -0.39 is 0 Å². The number of rotatable bonds is 3. The Bertz CT molecular complexity index is 1250. The van der Waals surface area contributed by atoms with E-state index in [-0.39, 0.29) is 0 Å². The molecule has 140 valence electrons. The van der Waals surface area contributed by atoms with Crippen LogP contribution in [0, 0.1) is 0 Å². The lowest BCUT2D eigenvalue weighted by molar-refractivity contribution is 1.32. The molecule has 1 heterocycles. The van der Waals surface area contributed by atoms with Crippen molar-refractivity contribution in [2.45, 2.75) is 0 Å². The van der Waals surface area contributed by atoms with E-state index in [1.807, 2.05) is 60.7 Å². The smallest absolute Gasteiger partial charge is 0.140 e. The SMILES string of the molecule is Clc1cc(Cl)c2ccccc2c1-c1nc(-c2ccccc2)c(-c2ccccc2)[nH]1. The van der Waals surface area contributed by atoms with Crippen molar-refractivity contribution in [1.29, 1.82) is 0 Å². The summed E-state index contributed by atoms with van der Waals surface area (Å²) >= 11 is 13.1. The van der Waals surface area contributed by atoms with Crippen LogP contribution in [-0.2, 0) is 0 Å². The van der Waals surface area contributed by atoms with Gasteiger partial charge in [0.2, 0.25) is 0 Å². The Morgan fingerprint density at radius 2 is 1.21 bits per heavy atom. The van der Waals surface area contributed by atoms with E-state index in [4.69, 9.17) is 28.2 Å². The number of H-pyrrole nitrogens is 1. The lowest BCUT2D eigenvalue weighted by atomic mass is 10.0. The average molecular weight is 415 g/mol. The van der Waals surface area contributed by atoms with Crippen LogP contribution >= 0.6 is 23.2 Å². The first-order valence-corrected chi connectivity index (χ1v) is 10.1. The summed E-state index contributed by atoms with van der Waals surface area (Å²) in [6.07, 6.45) is 0. The third-order valence-corrected chi connectivity index (χ3v) is 5.61. The molecular weight excluding hydrogens is 399 g/mol. The number of nitrogens with one attached hydrogen (secondary N) is 1. The van der Waals surface area contributed by atoms with Crippen molar-refractivity contribution < 1.29 is 0 Å². The van der Waals surface area contributed by atoms with Crippen molar-refractivity contribution in [3.05, 3.63) is 101 Å². The fourth-order valence-corrected chi connectivity index (χ4v) is 4.28. The highest BCUT2D eigenvalue weighted by atomic mass is 35.5. The van der Waals surface area contributed by atoms with Crippen molar-refractivity contribution in [3.8, 4) is 33.9 Å². The van der Waals surface area contributed by atoms with Crippen LogP contribution < -0.4 is 0 Å². The minimum Gasteiger partial charge on any atom is -0.337 e. The molecule has 0 bridgehead atoms. The molecule has 0 fully saturated rings. The van der Waals surface area contributed by atoms with Crippen molar-refractivity contribution in [1.82, 2.24) is 9.97 Å². The standard InChI is InChI=1S/C25H16Cl2N2/c26-20-15-21(27)22(19-14-8-7-13-18(19)20)25-28-23(16-9-3-1-4-10-16)24(29-25)17-11-5-2-6-12-17/h1-15H,(H,28,29). The van der Waals surface area contributed by atoms with Crippen LogP contribution in [0.2, 0.25) is 10.0 Å². The summed E-state index contributed by atoms with van der Waals surface area (Å²) in [6.45, 7) is 0. The number of fused-ring (bicyclic) bond motifs is 1. The zero-order valence-electron chi connectivity index (χ0n) is 15.4. The average Bonchev–Trinajstić information content (AvgIpc) is 3.20. The van der Waals surface area contributed by atoms with Crippen LogP contribution in [0.25, 0.3) is 44.7 Å². The highest BCUT2D eigenvalue weighted by Gasteiger charge is 2.19. The molecule has 0 unspecified atom stereocenters.